The zero-order valence-corrected chi connectivity index (χ0v) is 13.2. The molecule has 8 heteroatoms. The number of pyridine rings is 1. The first-order valence-corrected chi connectivity index (χ1v) is 8.25. The third kappa shape index (κ3) is 3.26. The maximum atomic E-state index is 12.0. The summed E-state index contributed by atoms with van der Waals surface area (Å²) < 4.78 is 25.0. The van der Waals surface area contributed by atoms with Gasteiger partial charge in [-0.1, -0.05) is 0 Å². The molecule has 2 aromatic rings. The van der Waals surface area contributed by atoms with Gasteiger partial charge in [0.25, 0.3) is 5.91 Å². The average molecular weight is 358 g/mol. The monoisotopic (exact) mass is 357 g/mol. The van der Waals surface area contributed by atoms with E-state index in [1.807, 2.05) is 0 Å². The van der Waals surface area contributed by atoms with Crippen LogP contribution in [0, 0.1) is 0 Å². The Balaban J connectivity index is 2.18. The molecule has 2 aromatic heterocycles. The summed E-state index contributed by atoms with van der Waals surface area (Å²) in [6.07, 6.45) is 4.15. The Kier molecular flexibility index (Phi) is 3.96. The summed E-state index contributed by atoms with van der Waals surface area (Å²) in [5.74, 6) is -0.299. The van der Waals surface area contributed by atoms with Crippen molar-refractivity contribution in [3.8, 4) is 0 Å². The maximum absolute atomic E-state index is 12.0. The van der Waals surface area contributed by atoms with Crippen LogP contribution in [-0.2, 0) is 16.9 Å². The lowest BCUT2D eigenvalue weighted by molar-refractivity contribution is 0.101. The normalized spacial score (nSPS) is 11.3. The van der Waals surface area contributed by atoms with Crippen molar-refractivity contribution in [1.29, 1.82) is 0 Å². The molecule has 0 saturated carbocycles. The van der Waals surface area contributed by atoms with Gasteiger partial charge in [0, 0.05) is 24.0 Å². The molecule has 0 atom stereocenters. The van der Waals surface area contributed by atoms with Crippen molar-refractivity contribution in [2.24, 2.45) is 7.05 Å². The number of hydrogen-bond donors (Lipinski definition) is 1. The Hall–Kier alpha value is -1.67. The Morgan fingerprint density at radius 3 is 2.55 bits per heavy atom. The molecule has 20 heavy (non-hydrogen) atoms. The summed E-state index contributed by atoms with van der Waals surface area (Å²) in [6, 6.07) is 4.54. The summed E-state index contributed by atoms with van der Waals surface area (Å²) >= 11 is 3.29. The molecule has 2 heterocycles. The lowest BCUT2D eigenvalue weighted by atomic mass is 10.3. The molecule has 2 rings (SSSR count). The molecule has 0 aromatic carbocycles. The number of carbonyl (C=O) groups excluding carboxylic acids is 1. The van der Waals surface area contributed by atoms with E-state index in [4.69, 9.17) is 0 Å². The van der Waals surface area contributed by atoms with Crippen molar-refractivity contribution in [2.45, 2.75) is 5.03 Å². The quantitative estimate of drug-likeness (QED) is 0.908. The third-order valence-electron chi connectivity index (χ3n) is 2.58. The number of aryl methyl sites for hydroxylation is 1. The van der Waals surface area contributed by atoms with Gasteiger partial charge in [0.15, 0.2) is 14.9 Å². The van der Waals surface area contributed by atoms with E-state index >= 15 is 0 Å². The molecule has 0 spiro atoms. The van der Waals surface area contributed by atoms with Gasteiger partial charge in [0.05, 0.1) is 11.9 Å². The Labute approximate surface area is 124 Å². The topological polar surface area (TPSA) is 81.1 Å². The zero-order chi connectivity index (χ0) is 14.9. The first-order chi connectivity index (χ1) is 9.27. The lowest BCUT2D eigenvalue weighted by Gasteiger charge is -2.06. The Morgan fingerprint density at radius 1 is 1.40 bits per heavy atom. The van der Waals surface area contributed by atoms with Crippen LogP contribution in [0.4, 0.5) is 5.69 Å². The van der Waals surface area contributed by atoms with E-state index < -0.39 is 9.84 Å². The second kappa shape index (κ2) is 5.37. The highest BCUT2D eigenvalue weighted by Gasteiger charge is 2.13. The van der Waals surface area contributed by atoms with Gasteiger partial charge in [-0.2, -0.15) is 0 Å². The first-order valence-electron chi connectivity index (χ1n) is 5.57. The van der Waals surface area contributed by atoms with Crippen LogP contribution >= 0.6 is 15.9 Å². The fourth-order valence-corrected chi connectivity index (χ4v) is 2.70. The lowest BCUT2D eigenvalue weighted by Crippen LogP contribution is -2.15. The summed E-state index contributed by atoms with van der Waals surface area (Å²) in [4.78, 5) is 15.8. The number of hydrogen-bond acceptors (Lipinski definition) is 4. The first kappa shape index (κ1) is 14.7. The highest BCUT2D eigenvalue weighted by atomic mass is 79.9. The van der Waals surface area contributed by atoms with Gasteiger partial charge in [-0.15, -0.1) is 0 Å². The fraction of sp³-hybridized carbons (Fsp3) is 0.167. The Bertz CT molecular complexity index is 751. The van der Waals surface area contributed by atoms with Crippen LogP contribution in [0.5, 0.6) is 0 Å². The highest BCUT2D eigenvalue weighted by Crippen LogP contribution is 2.16. The molecule has 1 amide bonds. The van der Waals surface area contributed by atoms with Crippen LogP contribution in [-0.4, -0.2) is 30.1 Å². The van der Waals surface area contributed by atoms with Crippen LogP contribution in [0.3, 0.4) is 0 Å². The number of aromatic nitrogens is 2. The average Bonchev–Trinajstić information content (AvgIpc) is 2.68. The smallest absolute Gasteiger partial charge is 0.272 e. The molecule has 0 aliphatic heterocycles. The van der Waals surface area contributed by atoms with Crippen molar-refractivity contribution < 1.29 is 13.2 Å². The summed E-state index contributed by atoms with van der Waals surface area (Å²) in [5.41, 5.74) is 0.906. The number of nitrogens with one attached hydrogen (secondary N) is 1. The molecule has 0 aliphatic carbocycles. The number of nitrogens with zero attached hydrogens (tertiary/aromatic N) is 2. The SMILES string of the molecule is Cn1cc(Br)cc1C(=O)Nc1ccc(S(C)(=O)=O)nc1. The van der Waals surface area contributed by atoms with E-state index in [9.17, 15) is 13.2 Å². The van der Waals surface area contributed by atoms with Crippen molar-refractivity contribution >= 4 is 37.4 Å². The van der Waals surface area contributed by atoms with Gasteiger partial charge < -0.3 is 9.88 Å². The second-order valence-corrected chi connectivity index (χ2v) is 7.14. The van der Waals surface area contributed by atoms with Crippen molar-refractivity contribution in [1.82, 2.24) is 9.55 Å². The molecule has 0 radical (unpaired) electrons. The number of halogens is 1. The molecule has 0 unspecified atom stereocenters. The van der Waals surface area contributed by atoms with E-state index in [0.29, 0.717) is 11.4 Å². The second-order valence-electron chi connectivity index (χ2n) is 4.27. The number of carbonyl (C=O) groups is 1. The van der Waals surface area contributed by atoms with Gasteiger partial charge in [0.1, 0.15) is 5.69 Å². The Morgan fingerprint density at radius 2 is 2.10 bits per heavy atom. The molecule has 0 saturated heterocycles. The molecule has 6 nitrogen and oxygen atoms in total. The molecule has 0 fully saturated rings. The van der Waals surface area contributed by atoms with Gasteiger partial charge in [-0.25, -0.2) is 13.4 Å². The minimum atomic E-state index is -3.34. The number of rotatable bonds is 3. The van der Waals surface area contributed by atoms with E-state index in [0.717, 1.165) is 10.7 Å². The summed E-state index contributed by atoms with van der Waals surface area (Å²) in [5, 5.41) is 2.62. The molecule has 106 valence electrons. The predicted molar refractivity (Wildman–Crippen MR) is 78.4 cm³/mol. The standard InChI is InChI=1S/C12H12BrN3O3S/c1-16-7-8(13)5-10(16)12(17)15-9-3-4-11(14-6-9)20(2,18)19/h3-7H,1-2H3,(H,15,17). The van der Waals surface area contributed by atoms with Gasteiger partial charge in [-0.05, 0) is 34.1 Å². The molecule has 0 bridgehead atoms. The third-order valence-corrected chi connectivity index (χ3v) is 4.01. The largest absolute Gasteiger partial charge is 0.345 e. The van der Waals surface area contributed by atoms with Crippen molar-refractivity contribution in [3.63, 3.8) is 0 Å². The molecule has 0 aliphatic rings. The number of amides is 1. The molecular weight excluding hydrogens is 346 g/mol. The fourth-order valence-electron chi connectivity index (χ4n) is 1.62. The predicted octanol–water partition coefficient (Wildman–Crippen LogP) is 1.84. The minimum Gasteiger partial charge on any atom is -0.345 e. The van der Waals surface area contributed by atoms with Gasteiger partial charge in [0.2, 0.25) is 0 Å². The molecule has 1 N–H and O–H groups in total. The van der Waals surface area contributed by atoms with Crippen LogP contribution in [0.2, 0.25) is 0 Å². The number of sulfone groups is 1. The summed E-state index contributed by atoms with van der Waals surface area (Å²) in [7, 11) is -1.58. The molecular formula is C12H12BrN3O3S. The van der Waals surface area contributed by atoms with E-state index in [1.54, 1.807) is 23.9 Å². The van der Waals surface area contributed by atoms with Crippen LogP contribution < -0.4 is 5.32 Å². The van der Waals surface area contributed by atoms with Crippen LogP contribution in [0.25, 0.3) is 0 Å². The number of anilines is 1. The van der Waals surface area contributed by atoms with E-state index in [-0.39, 0.29) is 10.9 Å². The van der Waals surface area contributed by atoms with Gasteiger partial charge in [-0.3, -0.25) is 4.79 Å². The van der Waals surface area contributed by atoms with E-state index in [1.165, 1.54) is 18.3 Å². The summed E-state index contributed by atoms with van der Waals surface area (Å²) in [6.45, 7) is 0. The van der Waals surface area contributed by atoms with Crippen molar-refractivity contribution in [3.05, 3.63) is 40.8 Å². The minimum absolute atomic E-state index is 0.0305. The van der Waals surface area contributed by atoms with E-state index in [2.05, 4.69) is 26.2 Å². The highest BCUT2D eigenvalue weighted by molar-refractivity contribution is 9.10. The maximum Gasteiger partial charge on any atom is 0.272 e. The van der Waals surface area contributed by atoms with Crippen LogP contribution in [0.1, 0.15) is 10.5 Å². The van der Waals surface area contributed by atoms with Crippen LogP contribution in [0.15, 0.2) is 40.1 Å². The van der Waals surface area contributed by atoms with Crippen molar-refractivity contribution in [2.75, 3.05) is 11.6 Å². The van der Waals surface area contributed by atoms with Gasteiger partial charge >= 0.3 is 0 Å². The zero-order valence-electron chi connectivity index (χ0n) is 10.8.